The summed E-state index contributed by atoms with van der Waals surface area (Å²) < 4.78 is 42.8. The number of aromatic nitrogens is 1. The van der Waals surface area contributed by atoms with Crippen LogP contribution in [0.3, 0.4) is 0 Å². The van der Waals surface area contributed by atoms with E-state index >= 15 is 0 Å². The minimum Gasteiger partial charge on any atom is -0.391 e. The van der Waals surface area contributed by atoms with Crippen molar-refractivity contribution in [3.63, 3.8) is 0 Å². The summed E-state index contributed by atoms with van der Waals surface area (Å²) in [5.74, 6) is -0.592. The number of halogens is 4. The molecule has 0 saturated heterocycles. The number of carbonyl (C=O) groups excluding carboxylic acids is 1. The molecule has 1 aromatic heterocycles. The molecule has 0 bridgehead atoms. The van der Waals surface area contributed by atoms with Crippen molar-refractivity contribution in [2.75, 3.05) is 0 Å². The molecular weight excluding hydrogens is 361 g/mol. The summed E-state index contributed by atoms with van der Waals surface area (Å²) in [6, 6.07) is 3.79. The first-order valence-corrected chi connectivity index (χ1v) is 7.97. The Labute approximate surface area is 145 Å². The van der Waals surface area contributed by atoms with Gasteiger partial charge in [-0.15, -0.1) is 0 Å². The maximum Gasteiger partial charge on any atom is 0.416 e. The average molecular weight is 375 g/mol. The Balaban J connectivity index is 1.80. The van der Waals surface area contributed by atoms with Gasteiger partial charge in [0.15, 0.2) is 11.5 Å². The number of nitrogens with one attached hydrogen (secondary N) is 1. The van der Waals surface area contributed by atoms with E-state index in [4.69, 9.17) is 16.1 Å². The fraction of sp³-hybridized carbons (Fsp3) is 0.375. The van der Waals surface area contributed by atoms with Crippen LogP contribution in [-0.4, -0.2) is 28.3 Å². The quantitative estimate of drug-likeness (QED) is 0.859. The second-order valence-corrected chi connectivity index (χ2v) is 6.21. The molecule has 1 amide bonds. The summed E-state index contributed by atoms with van der Waals surface area (Å²) in [6.07, 6.45) is -3.02. The van der Waals surface area contributed by atoms with Crippen molar-refractivity contribution in [2.45, 2.75) is 37.6 Å². The van der Waals surface area contributed by atoms with Gasteiger partial charge in [-0.3, -0.25) is 4.79 Å². The summed E-state index contributed by atoms with van der Waals surface area (Å²) >= 11 is 6.10. The summed E-state index contributed by atoms with van der Waals surface area (Å²) in [6.45, 7) is 0. The molecule has 1 aliphatic rings. The van der Waals surface area contributed by atoms with E-state index in [0.29, 0.717) is 12.8 Å². The summed E-state index contributed by atoms with van der Waals surface area (Å²) in [5.41, 5.74) is -0.707. The highest BCUT2D eigenvalue weighted by atomic mass is 35.5. The maximum absolute atomic E-state index is 12.6. The summed E-state index contributed by atoms with van der Waals surface area (Å²) in [5, 5.41) is 15.9. The average Bonchev–Trinajstić information content (AvgIpc) is 3.13. The smallest absolute Gasteiger partial charge is 0.391 e. The zero-order chi connectivity index (χ0) is 18.2. The number of benzene rings is 1. The van der Waals surface area contributed by atoms with E-state index in [0.717, 1.165) is 18.6 Å². The Morgan fingerprint density at radius 3 is 2.52 bits per heavy atom. The molecule has 9 heteroatoms. The SMILES string of the molecule is O=C(N[C@@H]1CCC[C@@H]1O)c1noc(-c2ccc(C(F)(F)F)cc2)c1Cl. The lowest BCUT2D eigenvalue weighted by molar-refractivity contribution is -0.137. The Bertz CT molecular complexity index is 774. The Morgan fingerprint density at radius 1 is 1.28 bits per heavy atom. The first-order valence-electron chi connectivity index (χ1n) is 7.59. The Hall–Kier alpha value is -2.06. The number of alkyl halides is 3. The van der Waals surface area contributed by atoms with Crippen LogP contribution in [0.5, 0.6) is 0 Å². The van der Waals surface area contributed by atoms with Crippen molar-refractivity contribution in [1.29, 1.82) is 0 Å². The molecule has 134 valence electrons. The van der Waals surface area contributed by atoms with E-state index in [-0.39, 0.29) is 28.1 Å². The number of aliphatic hydroxyl groups is 1. The normalized spacial score (nSPS) is 20.7. The van der Waals surface area contributed by atoms with E-state index in [9.17, 15) is 23.1 Å². The van der Waals surface area contributed by atoms with Crippen molar-refractivity contribution >= 4 is 17.5 Å². The number of rotatable bonds is 3. The molecule has 5 nitrogen and oxygen atoms in total. The summed E-state index contributed by atoms with van der Waals surface area (Å²) in [4.78, 5) is 12.2. The largest absolute Gasteiger partial charge is 0.416 e. The molecule has 1 aromatic carbocycles. The minimum atomic E-state index is -4.45. The highest BCUT2D eigenvalue weighted by Gasteiger charge is 2.31. The first-order chi connectivity index (χ1) is 11.8. The number of aliphatic hydroxyl groups excluding tert-OH is 1. The lowest BCUT2D eigenvalue weighted by atomic mass is 10.1. The molecule has 1 heterocycles. The van der Waals surface area contributed by atoms with Crippen molar-refractivity contribution in [2.24, 2.45) is 0 Å². The van der Waals surface area contributed by atoms with Gasteiger partial charge in [-0.1, -0.05) is 28.9 Å². The molecule has 1 saturated carbocycles. The molecule has 3 rings (SSSR count). The van der Waals surface area contributed by atoms with Gasteiger partial charge in [-0.2, -0.15) is 13.2 Å². The number of hydrogen-bond donors (Lipinski definition) is 2. The Morgan fingerprint density at radius 2 is 1.96 bits per heavy atom. The molecule has 1 aliphatic carbocycles. The lowest BCUT2D eigenvalue weighted by Crippen LogP contribution is -2.40. The zero-order valence-corrected chi connectivity index (χ0v) is 13.6. The molecule has 0 radical (unpaired) electrons. The van der Waals surface area contributed by atoms with Gasteiger partial charge in [-0.25, -0.2) is 0 Å². The van der Waals surface area contributed by atoms with Gasteiger partial charge in [0.1, 0.15) is 5.02 Å². The van der Waals surface area contributed by atoms with Crippen molar-refractivity contribution in [3.8, 4) is 11.3 Å². The third-order valence-corrected chi connectivity index (χ3v) is 4.47. The van der Waals surface area contributed by atoms with Gasteiger partial charge in [0.25, 0.3) is 5.91 Å². The van der Waals surface area contributed by atoms with E-state index in [1.54, 1.807) is 0 Å². The maximum atomic E-state index is 12.6. The van der Waals surface area contributed by atoms with Crippen LogP contribution in [0.25, 0.3) is 11.3 Å². The van der Waals surface area contributed by atoms with E-state index in [1.807, 2.05) is 0 Å². The monoisotopic (exact) mass is 374 g/mol. The Kier molecular flexibility index (Phi) is 4.75. The standard InChI is InChI=1S/C16H14ClF3N2O3/c17-12-13(15(24)21-10-2-1-3-11(10)23)22-25-14(12)8-4-6-9(7-5-8)16(18,19)20/h4-7,10-11,23H,1-3H2,(H,21,24)/t10-,11+/m1/s1. The van der Waals surface area contributed by atoms with Crippen LogP contribution in [0.4, 0.5) is 13.2 Å². The predicted octanol–water partition coefficient (Wildman–Crippen LogP) is 3.66. The van der Waals surface area contributed by atoms with Crippen molar-refractivity contribution in [3.05, 3.63) is 40.5 Å². The van der Waals surface area contributed by atoms with E-state index in [1.165, 1.54) is 12.1 Å². The zero-order valence-electron chi connectivity index (χ0n) is 12.8. The lowest BCUT2D eigenvalue weighted by Gasteiger charge is -2.15. The van der Waals surface area contributed by atoms with E-state index < -0.39 is 23.8 Å². The van der Waals surface area contributed by atoms with Crippen LogP contribution in [0.1, 0.15) is 35.3 Å². The molecule has 0 spiro atoms. The van der Waals surface area contributed by atoms with Gasteiger partial charge in [-0.05, 0) is 31.4 Å². The minimum absolute atomic E-state index is 0.00696. The van der Waals surface area contributed by atoms with Gasteiger partial charge in [0.2, 0.25) is 0 Å². The number of nitrogens with zero attached hydrogens (tertiary/aromatic N) is 1. The van der Waals surface area contributed by atoms with Crippen LogP contribution >= 0.6 is 11.6 Å². The van der Waals surface area contributed by atoms with Gasteiger partial charge < -0.3 is 14.9 Å². The number of carbonyl (C=O) groups is 1. The summed E-state index contributed by atoms with van der Waals surface area (Å²) in [7, 11) is 0. The van der Waals surface area contributed by atoms with Crippen LogP contribution in [0.15, 0.2) is 28.8 Å². The first kappa shape index (κ1) is 17.8. The molecule has 0 unspecified atom stereocenters. The third kappa shape index (κ3) is 3.64. The van der Waals surface area contributed by atoms with Crippen molar-refractivity contribution < 1.29 is 27.6 Å². The molecule has 0 aliphatic heterocycles. The molecule has 25 heavy (non-hydrogen) atoms. The predicted molar refractivity (Wildman–Crippen MR) is 83.1 cm³/mol. The highest BCUT2D eigenvalue weighted by molar-refractivity contribution is 6.35. The van der Waals surface area contributed by atoms with Crippen molar-refractivity contribution in [1.82, 2.24) is 10.5 Å². The topological polar surface area (TPSA) is 75.4 Å². The molecule has 2 N–H and O–H groups in total. The molecular formula is C16H14ClF3N2O3. The number of amides is 1. The van der Waals surface area contributed by atoms with Gasteiger partial charge >= 0.3 is 6.18 Å². The highest BCUT2D eigenvalue weighted by Crippen LogP contribution is 2.34. The van der Waals surface area contributed by atoms with Crippen LogP contribution in [0, 0.1) is 0 Å². The molecule has 2 aromatic rings. The third-order valence-electron chi connectivity index (χ3n) is 4.12. The fourth-order valence-electron chi connectivity index (χ4n) is 2.76. The van der Waals surface area contributed by atoms with Gasteiger partial charge in [0.05, 0.1) is 17.7 Å². The van der Waals surface area contributed by atoms with Crippen LogP contribution in [0.2, 0.25) is 5.02 Å². The van der Waals surface area contributed by atoms with Gasteiger partial charge in [0, 0.05) is 5.56 Å². The second-order valence-electron chi connectivity index (χ2n) is 5.83. The van der Waals surface area contributed by atoms with Crippen LogP contribution < -0.4 is 5.32 Å². The second kappa shape index (κ2) is 6.68. The molecule has 1 fully saturated rings. The van der Waals surface area contributed by atoms with Crippen LogP contribution in [-0.2, 0) is 6.18 Å². The fourth-order valence-corrected chi connectivity index (χ4v) is 3.02. The number of hydrogen-bond acceptors (Lipinski definition) is 4. The van der Waals surface area contributed by atoms with E-state index in [2.05, 4.69) is 10.5 Å². The molecule has 2 atom stereocenters.